The van der Waals surface area contributed by atoms with Crippen molar-refractivity contribution in [2.75, 3.05) is 4.90 Å². The molecule has 0 fully saturated rings. The number of anilines is 1. The number of benzene rings is 2. The quantitative estimate of drug-likeness (QED) is 0.470. The fraction of sp³-hybridized carbons (Fsp3) is 0.286. The molecule has 0 aliphatic heterocycles. The predicted molar refractivity (Wildman–Crippen MR) is 118 cm³/mol. The van der Waals surface area contributed by atoms with Crippen molar-refractivity contribution in [3.63, 3.8) is 0 Å². The molecule has 3 rings (SSSR count). The number of aliphatic carboxylic acids is 1. The first-order valence-corrected chi connectivity index (χ1v) is 10.7. The molecule has 1 aromatic heterocycles. The molecule has 1 N–H and O–H groups in total. The van der Waals surface area contributed by atoms with Crippen LogP contribution in [0.2, 0.25) is 10.0 Å². The van der Waals surface area contributed by atoms with Crippen LogP contribution in [0.4, 0.5) is 5.69 Å². The van der Waals surface area contributed by atoms with Gasteiger partial charge in [0.1, 0.15) is 10.5 Å². The number of hydrogen-bond acceptors (Lipinski definition) is 4. The monoisotopic (exact) mass is 450 g/mol. The number of fused-ring (bicyclic) bond motifs is 1. The molecule has 0 spiro atoms. The van der Waals surface area contributed by atoms with Gasteiger partial charge in [-0.25, -0.2) is 4.98 Å². The normalized spacial score (nSPS) is 11.2. The van der Waals surface area contributed by atoms with Gasteiger partial charge in [-0.15, -0.1) is 11.3 Å². The van der Waals surface area contributed by atoms with E-state index in [2.05, 4.69) is 18.8 Å². The maximum atomic E-state index is 12.8. The van der Waals surface area contributed by atoms with E-state index in [0.29, 0.717) is 32.2 Å². The Bertz CT molecular complexity index is 1050. The first-order valence-electron chi connectivity index (χ1n) is 9.11. The van der Waals surface area contributed by atoms with Crippen LogP contribution in [0.15, 0.2) is 36.4 Å². The molecule has 29 heavy (non-hydrogen) atoms. The van der Waals surface area contributed by atoms with Gasteiger partial charge in [-0.2, -0.15) is 0 Å². The Morgan fingerprint density at radius 2 is 1.79 bits per heavy atom. The number of aromatic nitrogens is 1. The number of hydrogen-bond donors (Lipinski definition) is 1. The third-order valence-electron chi connectivity index (χ3n) is 4.51. The molecule has 0 aliphatic carbocycles. The largest absolute Gasteiger partial charge is 0.481 e. The maximum Gasteiger partial charge on any atom is 0.303 e. The van der Waals surface area contributed by atoms with E-state index in [4.69, 9.17) is 28.3 Å². The summed E-state index contributed by atoms with van der Waals surface area (Å²) in [6.07, 6.45) is -0.306. The molecule has 1 heterocycles. The molecule has 152 valence electrons. The molecule has 5 nitrogen and oxygen atoms in total. The van der Waals surface area contributed by atoms with E-state index in [1.165, 1.54) is 11.3 Å². The SMILES string of the molecule is CC(C)c1ccc(N(Cc2nc3c(Cl)c(Cl)ccc3s2)C(=O)CCC(=O)O)cc1. The van der Waals surface area contributed by atoms with Crippen molar-refractivity contribution in [2.45, 2.75) is 39.2 Å². The summed E-state index contributed by atoms with van der Waals surface area (Å²) in [7, 11) is 0. The Labute approximate surface area is 182 Å². The van der Waals surface area contributed by atoms with Gasteiger partial charge in [-0.3, -0.25) is 9.59 Å². The Morgan fingerprint density at radius 3 is 2.41 bits per heavy atom. The van der Waals surface area contributed by atoms with Gasteiger partial charge < -0.3 is 10.0 Å². The molecule has 3 aromatic rings. The molecule has 0 saturated heterocycles. The lowest BCUT2D eigenvalue weighted by Crippen LogP contribution is -2.30. The van der Waals surface area contributed by atoms with Crippen LogP contribution in [-0.2, 0) is 16.1 Å². The highest BCUT2D eigenvalue weighted by atomic mass is 35.5. The molecular weight excluding hydrogens is 431 g/mol. The van der Waals surface area contributed by atoms with E-state index < -0.39 is 5.97 Å². The van der Waals surface area contributed by atoms with E-state index in [-0.39, 0.29) is 25.3 Å². The molecule has 1 amide bonds. The first kappa shape index (κ1) is 21.6. The minimum atomic E-state index is -1.00. The molecular formula is C21H20Cl2N2O3S. The Morgan fingerprint density at radius 1 is 1.10 bits per heavy atom. The summed E-state index contributed by atoms with van der Waals surface area (Å²) in [4.78, 5) is 29.8. The van der Waals surface area contributed by atoms with Crippen molar-refractivity contribution in [1.82, 2.24) is 4.98 Å². The first-order chi connectivity index (χ1) is 13.8. The average molecular weight is 451 g/mol. The molecule has 2 aromatic carbocycles. The molecule has 8 heteroatoms. The summed E-state index contributed by atoms with van der Waals surface area (Å²) >= 11 is 13.8. The van der Waals surface area contributed by atoms with Crippen molar-refractivity contribution in [2.24, 2.45) is 0 Å². The zero-order valence-corrected chi connectivity index (χ0v) is 18.3. The maximum absolute atomic E-state index is 12.8. The Balaban J connectivity index is 1.93. The summed E-state index contributed by atoms with van der Waals surface area (Å²) in [6.45, 7) is 4.42. The Kier molecular flexibility index (Phi) is 6.77. The lowest BCUT2D eigenvalue weighted by molar-refractivity contribution is -0.138. The van der Waals surface area contributed by atoms with Crippen LogP contribution < -0.4 is 4.90 Å². The fourth-order valence-electron chi connectivity index (χ4n) is 2.90. The van der Waals surface area contributed by atoms with E-state index >= 15 is 0 Å². The molecule has 0 aliphatic rings. The zero-order valence-electron chi connectivity index (χ0n) is 16.0. The number of halogens is 2. The van der Waals surface area contributed by atoms with E-state index in [1.807, 2.05) is 30.3 Å². The number of amides is 1. The second-order valence-electron chi connectivity index (χ2n) is 6.94. The third kappa shape index (κ3) is 5.07. The van der Waals surface area contributed by atoms with Crippen LogP contribution >= 0.6 is 34.5 Å². The average Bonchev–Trinajstić information content (AvgIpc) is 3.11. The van der Waals surface area contributed by atoms with Crippen molar-refractivity contribution in [1.29, 1.82) is 0 Å². The van der Waals surface area contributed by atoms with Crippen LogP contribution in [0.5, 0.6) is 0 Å². The van der Waals surface area contributed by atoms with Crippen molar-refractivity contribution in [3.8, 4) is 0 Å². The van der Waals surface area contributed by atoms with Crippen molar-refractivity contribution < 1.29 is 14.7 Å². The number of nitrogens with zero attached hydrogens (tertiary/aromatic N) is 2. The van der Waals surface area contributed by atoms with Gasteiger partial charge in [0.25, 0.3) is 0 Å². The standard InChI is InChI=1S/C21H20Cl2N2O3S/c1-12(2)13-3-5-14(6-4-13)25(18(26)9-10-19(27)28)11-17-24-21-16(29-17)8-7-15(22)20(21)23/h3-8,12H,9-11H2,1-2H3,(H,27,28). The van der Waals surface area contributed by atoms with E-state index in [9.17, 15) is 9.59 Å². The van der Waals surface area contributed by atoms with Crippen LogP contribution in [0.3, 0.4) is 0 Å². The van der Waals surface area contributed by atoms with Gasteiger partial charge >= 0.3 is 5.97 Å². The van der Waals surface area contributed by atoms with Crippen LogP contribution in [0.1, 0.15) is 43.2 Å². The zero-order chi connectivity index (χ0) is 21.1. The van der Waals surface area contributed by atoms with Crippen LogP contribution in [0.25, 0.3) is 10.2 Å². The Hall–Kier alpha value is -2.15. The molecule has 0 unspecified atom stereocenters. The molecule has 0 atom stereocenters. The summed E-state index contributed by atoms with van der Waals surface area (Å²) in [6, 6.07) is 11.3. The molecule has 0 bridgehead atoms. The van der Waals surface area contributed by atoms with Crippen molar-refractivity contribution in [3.05, 3.63) is 57.0 Å². The lowest BCUT2D eigenvalue weighted by atomic mass is 10.0. The topological polar surface area (TPSA) is 70.5 Å². The smallest absolute Gasteiger partial charge is 0.303 e. The highest BCUT2D eigenvalue weighted by Gasteiger charge is 2.20. The summed E-state index contributed by atoms with van der Waals surface area (Å²) in [5.74, 6) is -0.903. The predicted octanol–water partition coefficient (Wildman–Crippen LogP) is 6.12. The second kappa shape index (κ2) is 9.11. The summed E-state index contributed by atoms with van der Waals surface area (Å²) < 4.78 is 0.877. The van der Waals surface area contributed by atoms with Crippen LogP contribution in [-0.4, -0.2) is 22.0 Å². The minimum absolute atomic E-state index is 0.0846. The molecule has 0 saturated carbocycles. The number of rotatable bonds is 7. The lowest BCUT2D eigenvalue weighted by Gasteiger charge is -2.22. The molecule has 0 radical (unpaired) electrons. The van der Waals surface area contributed by atoms with Gasteiger partial charge in [0.15, 0.2) is 0 Å². The van der Waals surface area contributed by atoms with Crippen LogP contribution in [0, 0.1) is 0 Å². The second-order valence-corrected chi connectivity index (χ2v) is 8.84. The summed E-state index contributed by atoms with van der Waals surface area (Å²) in [5, 5.41) is 10.5. The van der Waals surface area contributed by atoms with Crippen molar-refractivity contribution >= 4 is 62.3 Å². The fourth-order valence-corrected chi connectivity index (χ4v) is 4.28. The third-order valence-corrected chi connectivity index (χ3v) is 6.31. The van der Waals surface area contributed by atoms with Gasteiger partial charge in [0.2, 0.25) is 5.91 Å². The number of thiazole rings is 1. The van der Waals surface area contributed by atoms with E-state index in [1.54, 1.807) is 11.0 Å². The summed E-state index contributed by atoms with van der Waals surface area (Å²) in [5.41, 5.74) is 2.47. The number of carboxylic acids is 1. The highest BCUT2D eigenvalue weighted by molar-refractivity contribution is 7.18. The number of carbonyl (C=O) groups excluding carboxylic acids is 1. The highest BCUT2D eigenvalue weighted by Crippen LogP contribution is 2.34. The van der Waals surface area contributed by atoms with E-state index in [0.717, 1.165) is 10.3 Å². The van der Waals surface area contributed by atoms with Gasteiger partial charge in [-0.1, -0.05) is 49.2 Å². The number of carbonyl (C=O) groups is 2. The van der Waals surface area contributed by atoms with Gasteiger partial charge in [0, 0.05) is 12.1 Å². The minimum Gasteiger partial charge on any atom is -0.481 e. The van der Waals surface area contributed by atoms with Gasteiger partial charge in [0.05, 0.1) is 27.7 Å². The number of carboxylic acid groups (broad SMARTS) is 1. The van der Waals surface area contributed by atoms with Gasteiger partial charge in [-0.05, 0) is 35.7 Å².